The number of aryl methyl sites for hydroxylation is 1. The first-order chi connectivity index (χ1) is 14.9. The Labute approximate surface area is 194 Å². The highest BCUT2D eigenvalue weighted by atomic mass is 32.2. The molecule has 1 aromatic carbocycles. The number of anilines is 2. The van der Waals surface area contributed by atoms with Crippen molar-refractivity contribution in [1.29, 1.82) is 0 Å². The summed E-state index contributed by atoms with van der Waals surface area (Å²) < 4.78 is 7.28. The summed E-state index contributed by atoms with van der Waals surface area (Å²) in [6.45, 7) is 10.8. The van der Waals surface area contributed by atoms with Crippen LogP contribution in [0.2, 0.25) is 0 Å². The van der Waals surface area contributed by atoms with Crippen molar-refractivity contribution >= 4 is 51.9 Å². The molecule has 0 unspecified atom stereocenters. The zero-order valence-corrected chi connectivity index (χ0v) is 20.2. The van der Waals surface area contributed by atoms with E-state index in [9.17, 15) is 9.59 Å². The highest BCUT2D eigenvalue weighted by Gasteiger charge is 2.24. The van der Waals surface area contributed by atoms with E-state index in [4.69, 9.17) is 17.0 Å². The second kappa shape index (κ2) is 12.6. The Kier molecular flexibility index (Phi) is 10.1. The van der Waals surface area contributed by atoms with Crippen LogP contribution in [-0.2, 0) is 9.53 Å². The van der Waals surface area contributed by atoms with Crippen LogP contribution >= 0.6 is 24.2 Å². The first-order valence-corrected chi connectivity index (χ1v) is 11.7. The normalized spacial score (nSPS) is 12.9. The van der Waals surface area contributed by atoms with Gasteiger partial charge in [-0.25, -0.2) is 13.9 Å². The van der Waals surface area contributed by atoms with Crippen LogP contribution in [0.15, 0.2) is 30.9 Å². The van der Waals surface area contributed by atoms with Crippen LogP contribution in [0.3, 0.4) is 0 Å². The molecule has 0 aromatic heterocycles. The van der Waals surface area contributed by atoms with Crippen molar-refractivity contribution in [1.82, 2.24) is 10.2 Å². The number of nitrogens with zero attached hydrogens (tertiary/aromatic N) is 3. The molecular weight excluding hydrogens is 432 g/mol. The molecule has 2 rings (SSSR count). The second-order valence-electron chi connectivity index (χ2n) is 7.29. The SMILES string of the molecule is C=CC(=O)OCCCNC(=O)N(SC(=S)N1CCCC1)c1ccc(N(C)CC)cc1C. The third-order valence-corrected chi connectivity index (χ3v) is 6.48. The summed E-state index contributed by atoms with van der Waals surface area (Å²) in [5.41, 5.74) is 2.89. The van der Waals surface area contributed by atoms with Gasteiger partial charge in [0.15, 0.2) is 4.32 Å². The Morgan fingerprint density at radius 2 is 2.06 bits per heavy atom. The first-order valence-electron chi connectivity index (χ1n) is 10.5. The fourth-order valence-electron chi connectivity index (χ4n) is 3.09. The lowest BCUT2D eigenvalue weighted by atomic mass is 10.1. The largest absolute Gasteiger partial charge is 0.462 e. The van der Waals surface area contributed by atoms with E-state index in [2.05, 4.69) is 34.7 Å². The van der Waals surface area contributed by atoms with Crippen molar-refractivity contribution in [2.45, 2.75) is 33.1 Å². The molecule has 1 fully saturated rings. The summed E-state index contributed by atoms with van der Waals surface area (Å²) in [6.07, 6.45) is 3.87. The molecule has 170 valence electrons. The number of urea groups is 1. The average molecular weight is 465 g/mol. The number of likely N-dealkylation sites (tertiary alicyclic amines) is 1. The zero-order valence-electron chi connectivity index (χ0n) is 18.6. The van der Waals surface area contributed by atoms with Crippen molar-refractivity contribution in [3.63, 3.8) is 0 Å². The van der Waals surface area contributed by atoms with E-state index < -0.39 is 5.97 Å². The molecule has 0 saturated carbocycles. The number of ether oxygens (including phenoxy) is 1. The van der Waals surface area contributed by atoms with E-state index in [0.717, 1.165) is 55.5 Å². The van der Waals surface area contributed by atoms with Crippen LogP contribution in [0.25, 0.3) is 0 Å². The molecule has 0 bridgehead atoms. The summed E-state index contributed by atoms with van der Waals surface area (Å²) in [7, 11) is 2.04. The number of carbonyl (C=O) groups excluding carboxylic acids is 2. The fourth-order valence-corrected chi connectivity index (χ4v) is 4.41. The van der Waals surface area contributed by atoms with Crippen molar-refractivity contribution in [2.75, 3.05) is 49.0 Å². The minimum atomic E-state index is -0.466. The summed E-state index contributed by atoms with van der Waals surface area (Å²) in [5, 5.41) is 2.91. The molecule has 7 nitrogen and oxygen atoms in total. The van der Waals surface area contributed by atoms with Gasteiger partial charge < -0.3 is 19.9 Å². The number of hydrogen-bond acceptors (Lipinski definition) is 6. The van der Waals surface area contributed by atoms with Crippen LogP contribution in [0.5, 0.6) is 0 Å². The van der Waals surface area contributed by atoms with E-state index in [1.807, 2.05) is 26.1 Å². The number of hydrogen-bond donors (Lipinski definition) is 1. The third kappa shape index (κ3) is 7.43. The van der Waals surface area contributed by atoms with Crippen LogP contribution in [0.1, 0.15) is 31.7 Å². The van der Waals surface area contributed by atoms with Crippen molar-refractivity contribution in [3.8, 4) is 0 Å². The van der Waals surface area contributed by atoms with E-state index in [1.165, 1.54) is 11.9 Å². The van der Waals surface area contributed by atoms with Gasteiger partial charge in [0.1, 0.15) is 0 Å². The number of benzene rings is 1. The highest BCUT2D eigenvalue weighted by molar-refractivity contribution is 8.24. The number of esters is 1. The van der Waals surface area contributed by atoms with Crippen molar-refractivity contribution < 1.29 is 14.3 Å². The lowest BCUT2D eigenvalue weighted by Gasteiger charge is -2.27. The molecule has 1 heterocycles. The Hall–Kier alpha value is -2.26. The molecule has 0 spiro atoms. The van der Waals surface area contributed by atoms with Gasteiger partial charge in [-0.05, 0) is 56.9 Å². The van der Waals surface area contributed by atoms with E-state index in [1.54, 1.807) is 4.31 Å². The van der Waals surface area contributed by atoms with Gasteiger partial charge in [0.05, 0.1) is 12.3 Å². The third-order valence-electron chi connectivity index (χ3n) is 5.04. The van der Waals surface area contributed by atoms with Gasteiger partial charge in [0.25, 0.3) is 0 Å². The Bertz CT molecular complexity index is 797. The van der Waals surface area contributed by atoms with Crippen LogP contribution < -0.4 is 14.5 Å². The molecule has 2 amide bonds. The van der Waals surface area contributed by atoms with Gasteiger partial charge in [-0.2, -0.15) is 0 Å². The standard InChI is InChI=1S/C22H32N4O3S2/c1-5-20(27)29-15-9-12-23-21(28)26(31-22(30)25-13-7-8-14-25)19-11-10-18(16-17(19)3)24(4)6-2/h5,10-11,16H,1,6-9,12-15H2,2-4H3,(H,23,28). The lowest BCUT2D eigenvalue weighted by Crippen LogP contribution is -2.39. The van der Waals surface area contributed by atoms with Gasteiger partial charge >= 0.3 is 12.0 Å². The van der Waals surface area contributed by atoms with Gasteiger partial charge in [-0.15, -0.1) is 0 Å². The topological polar surface area (TPSA) is 65.1 Å². The van der Waals surface area contributed by atoms with Gasteiger partial charge in [0.2, 0.25) is 0 Å². The van der Waals surface area contributed by atoms with Gasteiger partial charge in [0, 0.05) is 56.9 Å². The van der Waals surface area contributed by atoms with Crippen LogP contribution in [0, 0.1) is 6.92 Å². The van der Waals surface area contributed by atoms with Gasteiger partial charge in [-0.3, -0.25) is 0 Å². The molecule has 1 aliphatic rings. The number of amides is 2. The molecule has 1 aromatic rings. The molecule has 31 heavy (non-hydrogen) atoms. The quantitative estimate of drug-likeness (QED) is 0.204. The average Bonchev–Trinajstić information content (AvgIpc) is 3.31. The maximum atomic E-state index is 13.1. The lowest BCUT2D eigenvalue weighted by molar-refractivity contribution is -0.137. The number of rotatable bonds is 8. The van der Waals surface area contributed by atoms with Crippen LogP contribution in [0.4, 0.5) is 16.2 Å². The summed E-state index contributed by atoms with van der Waals surface area (Å²) in [4.78, 5) is 28.5. The number of nitrogens with one attached hydrogen (secondary N) is 1. The van der Waals surface area contributed by atoms with Crippen molar-refractivity contribution in [3.05, 3.63) is 36.4 Å². The Morgan fingerprint density at radius 1 is 1.35 bits per heavy atom. The van der Waals surface area contributed by atoms with Crippen LogP contribution in [-0.4, -0.2) is 61.1 Å². The minimum Gasteiger partial charge on any atom is -0.462 e. The Morgan fingerprint density at radius 3 is 2.68 bits per heavy atom. The Balaban J connectivity index is 2.10. The van der Waals surface area contributed by atoms with Crippen molar-refractivity contribution in [2.24, 2.45) is 0 Å². The maximum absolute atomic E-state index is 13.1. The van der Waals surface area contributed by atoms with E-state index >= 15 is 0 Å². The predicted octanol–water partition coefficient (Wildman–Crippen LogP) is 4.12. The smallest absolute Gasteiger partial charge is 0.332 e. The summed E-state index contributed by atoms with van der Waals surface area (Å²) in [6, 6.07) is 5.80. The van der Waals surface area contributed by atoms with E-state index in [0.29, 0.717) is 17.3 Å². The molecule has 0 radical (unpaired) electrons. The highest BCUT2D eigenvalue weighted by Crippen LogP contribution is 2.31. The summed E-state index contributed by atoms with van der Waals surface area (Å²) >= 11 is 6.90. The minimum absolute atomic E-state index is 0.224. The maximum Gasteiger partial charge on any atom is 0.332 e. The molecule has 1 N–H and O–H groups in total. The molecular formula is C22H32N4O3S2. The zero-order chi connectivity index (χ0) is 22.8. The number of thiocarbonyl (C=S) groups is 1. The molecule has 9 heteroatoms. The first kappa shape index (κ1) is 25.0. The predicted molar refractivity (Wildman–Crippen MR) is 133 cm³/mol. The fraction of sp³-hybridized carbons (Fsp3) is 0.500. The molecule has 0 aliphatic carbocycles. The van der Waals surface area contributed by atoms with Gasteiger partial charge in [-0.1, -0.05) is 18.8 Å². The molecule has 1 aliphatic heterocycles. The number of carbonyl (C=O) groups is 2. The second-order valence-corrected chi connectivity index (χ2v) is 8.87. The monoisotopic (exact) mass is 464 g/mol. The van der Waals surface area contributed by atoms with E-state index in [-0.39, 0.29) is 12.6 Å². The molecule has 1 saturated heterocycles. The summed E-state index contributed by atoms with van der Waals surface area (Å²) in [5.74, 6) is -0.466. The molecule has 0 atom stereocenters.